The minimum absolute atomic E-state index is 0.274. The molecule has 0 saturated heterocycles. The monoisotopic (exact) mass is 240 g/mol. The van der Waals surface area contributed by atoms with Crippen LogP contribution in [0.1, 0.15) is 11.1 Å². The standard InChI is InChI=1S/C14H10BFO2/c16-11-7-5-10(6-8-11)13-9-18-15(17)14-4-2-1-3-12(13)14/h1-9,17H. The Morgan fingerprint density at radius 3 is 2.50 bits per heavy atom. The molecule has 3 rings (SSSR count). The zero-order valence-electron chi connectivity index (χ0n) is 9.51. The SMILES string of the molecule is OB1OC=C(c2ccc(F)cc2)c2ccccc21. The molecule has 18 heavy (non-hydrogen) atoms. The minimum Gasteiger partial charge on any atom is -0.538 e. The minimum atomic E-state index is -0.939. The molecule has 2 aromatic rings. The lowest BCUT2D eigenvalue weighted by Gasteiger charge is -2.20. The van der Waals surface area contributed by atoms with Gasteiger partial charge in [0.15, 0.2) is 0 Å². The molecule has 1 heterocycles. The Kier molecular flexibility index (Phi) is 2.65. The van der Waals surface area contributed by atoms with Crippen molar-refractivity contribution in [2.75, 3.05) is 0 Å². The summed E-state index contributed by atoms with van der Waals surface area (Å²) in [5, 5.41) is 9.74. The van der Waals surface area contributed by atoms with Crippen molar-refractivity contribution in [3.63, 3.8) is 0 Å². The molecule has 2 nitrogen and oxygen atoms in total. The lowest BCUT2D eigenvalue weighted by Crippen LogP contribution is -2.37. The molecule has 1 N–H and O–H groups in total. The molecule has 0 unspecified atom stereocenters. The summed E-state index contributed by atoms with van der Waals surface area (Å²) in [5.74, 6) is -0.274. The summed E-state index contributed by atoms with van der Waals surface area (Å²) in [6.07, 6.45) is 1.51. The van der Waals surface area contributed by atoms with E-state index in [1.54, 1.807) is 12.1 Å². The molecule has 0 amide bonds. The zero-order valence-corrected chi connectivity index (χ0v) is 9.51. The van der Waals surface area contributed by atoms with Crippen LogP contribution in [0.2, 0.25) is 0 Å². The first kappa shape index (κ1) is 11.0. The number of hydrogen-bond donors (Lipinski definition) is 1. The van der Waals surface area contributed by atoms with Crippen LogP contribution < -0.4 is 5.46 Å². The second kappa shape index (κ2) is 4.31. The van der Waals surface area contributed by atoms with E-state index in [4.69, 9.17) is 4.65 Å². The van der Waals surface area contributed by atoms with E-state index in [0.29, 0.717) is 0 Å². The van der Waals surface area contributed by atoms with Crippen LogP contribution in [-0.4, -0.2) is 12.1 Å². The Bertz CT molecular complexity index is 607. The Balaban J connectivity index is 2.11. The third kappa shape index (κ3) is 1.81. The highest BCUT2D eigenvalue weighted by Gasteiger charge is 2.27. The predicted molar refractivity (Wildman–Crippen MR) is 68.6 cm³/mol. The molecule has 0 saturated carbocycles. The fourth-order valence-electron chi connectivity index (χ4n) is 2.08. The van der Waals surface area contributed by atoms with Crippen LogP contribution >= 0.6 is 0 Å². The number of rotatable bonds is 1. The average Bonchev–Trinajstić information content (AvgIpc) is 2.41. The van der Waals surface area contributed by atoms with E-state index in [-0.39, 0.29) is 5.82 Å². The van der Waals surface area contributed by atoms with Gasteiger partial charge in [0, 0.05) is 11.0 Å². The van der Waals surface area contributed by atoms with Crippen molar-refractivity contribution >= 4 is 18.2 Å². The van der Waals surface area contributed by atoms with Gasteiger partial charge in [-0.1, -0.05) is 36.4 Å². The molecule has 0 fully saturated rings. The van der Waals surface area contributed by atoms with E-state index in [9.17, 15) is 9.41 Å². The van der Waals surface area contributed by atoms with Gasteiger partial charge in [0.05, 0.1) is 6.26 Å². The summed E-state index contributed by atoms with van der Waals surface area (Å²) in [4.78, 5) is 0. The molecule has 0 spiro atoms. The van der Waals surface area contributed by atoms with Crippen molar-refractivity contribution in [3.8, 4) is 0 Å². The van der Waals surface area contributed by atoms with E-state index in [2.05, 4.69) is 0 Å². The van der Waals surface area contributed by atoms with Gasteiger partial charge in [-0.25, -0.2) is 4.39 Å². The van der Waals surface area contributed by atoms with Crippen molar-refractivity contribution in [2.45, 2.75) is 0 Å². The van der Waals surface area contributed by atoms with Crippen molar-refractivity contribution in [1.82, 2.24) is 0 Å². The fourth-order valence-corrected chi connectivity index (χ4v) is 2.08. The first-order valence-electron chi connectivity index (χ1n) is 5.64. The van der Waals surface area contributed by atoms with E-state index in [1.807, 2.05) is 24.3 Å². The van der Waals surface area contributed by atoms with E-state index in [0.717, 1.165) is 22.2 Å². The van der Waals surface area contributed by atoms with Crippen LogP contribution in [0.25, 0.3) is 5.57 Å². The number of fused-ring (bicyclic) bond motifs is 1. The first-order chi connectivity index (χ1) is 8.75. The Labute approximate surface area is 104 Å². The van der Waals surface area contributed by atoms with Crippen molar-refractivity contribution < 1.29 is 14.1 Å². The fraction of sp³-hybridized carbons (Fsp3) is 0. The Morgan fingerprint density at radius 1 is 1.00 bits per heavy atom. The average molecular weight is 240 g/mol. The molecule has 1 aliphatic heterocycles. The van der Waals surface area contributed by atoms with Gasteiger partial charge < -0.3 is 9.68 Å². The molecule has 0 atom stereocenters. The molecule has 2 aromatic carbocycles. The summed E-state index contributed by atoms with van der Waals surface area (Å²) in [7, 11) is -0.939. The first-order valence-corrected chi connectivity index (χ1v) is 5.64. The normalized spacial score (nSPS) is 13.7. The van der Waals surface area contributed by atoms with Gasteiger partial charge in [0.2, 0.25) is 0 Å². The summed E-state index contributed by atoms with van der Waals surface area (Å²) < 4.78 is 18.1. The third-order valence-electron chi connectivity index (χ3n) is 2.99. The summed E-state index contributed by atoms with van der Waals surface area (Å²) in [6.45, 7) is 0. The summed E-state index contributed by atoms with van der Waals surface area (Å²) >= 11 is 0. The zero-order chi connectivity index (χ0) is 12.5. The lowest BCUT2D eigenvalue weighted by molar-refractivity contribution is 0.385. The summed E-state index contributed by atoms with van der Waals surface area (Å²) in [6, 6.07) is 13.7. The molecular weight excluding hydrogens is 230 g/mol. The van der Waals surface area contributed by atoms with Crippen LogP contribution in [0.4, 0.5) is 4.39 Å². The highest BCUT2D eigenvalue weighted by atomic mass is 19.1. The second-order valence-electron chi connectivity index (χ2n) is 4.11. The topological polar surface area (TPSA) is 29.5 Å². The Hall–Kier alpha value is -2.07. The molecule has 0 radical (unpaired) electrons. The number of benzene rings is 2. The summed E-state index contributed by atoms with van der Waals surface area (Å²) in [5.41, 5.74) is 3.33. The highest BCUT2D eigenvalue weighted by molar-refractivity contribution is 6.62. The third-order valence-corrected chi connectivity index (χ3v) is 2.99. The van der Waals surface area contributed by atoms with Gasteiger partial charge in [-0.3, -0.25) is 0 Å². The van der Waals surface area contributed by atoms with E-state index >= 15 is 0 Å². The van der Waals surface area contributed by atoms with Gasteiger partial charge in [-0.05, 0) is 23.3 Å². The van der Waals surface area contributed by atoms with Gasteiger partial charge in [0.1, 0.15) is 5.82 Å². The van der Waals surface area contributed by atoms with E-state index in [1.165, 1.54) is 18.4 Å². The molecule has 88 valence electrons. The van der Waals surface area contributed by atoms with Crippen LogP contribution in [0.3, 0.4) is 0 Å². The van der Waals surface area contributed by atoms with Crippen molar-refractivity contribution in [1.29, 1.82) is 0 Å². The Morgan fingerprint density at radius 2 is 1.72 bits per heavy atom. The quantitative estimate of drug-likeness (QED) is 0.771. The van der Waals surface area contributed by atoms with Crippen molar-refractivity contribution in [2.24, 2.45) is 0 Å². The smallest absolute Gasteiger partial charge is 0.538 e. The van der Waals surface area contributed by atoms with Gasteiger partial charge >= 0.3 is 7.12 Å². The highest BCUT2D eigenvalue weighted by Crippen LogP contribution is 2.25. The predicted octanol–water partition coefficient (Wildman–Crippen LogP) is 1.93. The molecule has 1 aliphatic rings. The lowest BCUT2D eigenvalue weighted by atomic mass is 9.72. The van der Waals surface area contributed by atoms with Crippen LogP contribution in [0.5, 0.6) is 0 Å². The molecule has 0 bridgehead atoms. The maximum absolute atomic E-state index is 12.9. The molecule has 0 aromatic heterocycles. The van der Waals surface area contributed by atoms with Gasteiger partial charge in [0.25, 0.3) is 0 Å². The largest absolute Gasteiger partial charge is 0.560 e. The maximum atomic E-state index is 12.9. The molecule has 4 heteroatoms. The number of halogens is 1. The van der Waals surface area contributed by atoms with Crippen LogP contribution in [0, 0.1) is 5.82 Å². The maximum Gasteiger partial charge on any atom is 0.560 e. The van der Waals surface area contributed by atoms with Gasteiger partial charge in [-0.15, -0.1) is 0 Å². The van der Waals surface area contributed by atoms with E-state index < -0.39 is 7.12 Å². The molecular formula is C14H10BFO2. The number of hydrogen-bond acceptors (Lipinski definition) is 2. The van der Waals surface area contributed by atoms with Crippen molar-refractivity contribution in [3.05, 3.63) is 71.7 Å². The molecule has 0 aliphatic carbocycles. The second-order valence-corrected chi connectivity index (χ2v) is 4.11. The van der Waals surface area contributed by atoms with Gasteiger partial charge in [-0.2, -0.15) is 0 Å². The van der Waals surface area contributed by atoms with Crippen LogP contribution in [0.15, 0.2) is 54.8 Å². The van der Waals surface area contributed by atoms with Crippen LogP contribution in [-0.2, 0) is 4.65 Å².